The summed E-state index contributed by atoms with van der Waals surface area (Å²) in [5, 5.41) is 11.6. The van der Waals surface area contributed by atoms with Gasteiger partial charge < -0.3 is 15.2 Å². The van der Waals surface area contributed by atoms with Crippen molar-refractivity contribution in [2.24, 2.45) is 0 Å². The fourth-order valence-corrected chi connectivity index (χ4v) is 1.62. The zero-order valence-corrected chi connectivity index (χ0v) is 10.5. The van der Waals surface area contributed by atoms with Gasteiger partial charge in [-0.25, -0.2) is 8.78 Å². The molecule has 1 aromatic rings. The molecule has 0 aliphatic rings. The molecule has 0 amide bonds. The molecule has 0 radical (unpaired) electrons. The lowest BCUT2D eigenvalue weighted by Crippen LogP contribution is -2.22. The Morgan fingerprint density at radius 2 is 2.11 bits per heavy atom. The summed E-state index contributed by atoms with van der Waals surface area (Å²) in [6, 6.07) is 3.19. The fraction of sp³-hybridized carbons (Fsp3) is 0.538. The lowest BCUT2D eigenvalue weighted by atomic mass is 10.1. The number of ether oxygens (including phenoxy) is 1. The van der Waals surface area contributed by atoms with Crippen LogP contribution >= 0.6 is 0 Å². The van der Waals surface area contributed by atoms with Gasteiger partial charge in [-0.05, 0) is 38.1 Å². The van der Waals surface area contributed by atoms with E-state index in [4.69, 9.17) is 9.84 Å². The van der Waals surface area contributed by atoms with E-state index in [2.05, 4.69) is 5.32 Å². The number of nitrogens with one attached hydrogen (secondary N) is 1. The highest BCUT2D eigenvalue weighted by Gasteiger charge is 2.10. The van der Waals surface area contributed by atoms with E-state index in [9.17, 15) is 8.78 Å². The van der Waals surface area contributed by atoms with Crippen molar-refractivity contribution in [3.63, 3.8) is 0 Å². The maximum atomic E-state index is 13.4. The molecule has 0 spiro atoms. The van der Waals surface area contributed by atoms with Gasteiger partial charge in [-0.15, -0.1) is 0 Å². The Balaban J connectivity index is 2.31. The quantitative estimate of drug-likeness (QED) is 0.702. The highest BCUT2D eigenvalue weighted by Crippen LogP contribution is 2.17. The summed E-state index contributed by atoms with van der Waals surface area (Å²) < 4.78 is 31.5. The van der Waals surface area contributed by atoms with Gasteiger partial charge in [0, 0.05) is 18.2 Å². The van der Waals surface area contributed by atoms with E-state index in [1.54, 1.807) is 6.92 Å². The average Bonchev–Trinajstić information content (AvgIpc) is 2.36. The van der Waals surface area contributed by atoms with Crippen LogP contribution in [0, 0.1) is 11.6 Å². The standard InChI is InChI=1S/C13H19F2NO2/c1-10(16-5-2-7-18-8-6-17)12-9-11(14)3-4-13(12)15/h3-4,9-10,16-17H,2,5-8H2,1H3. The van der Waals surface area contributed by atoms with E-state index in [1.165, 1.54) is 6.07 Å². The topological polar surface area (TPSA) is 41.5 Å². The molecule has 18 heavy (non-hydrogen) atoms. The minimum absolute atomic E-state index is 0.0122. The molecule has 0 aromatic heterocycles. The van der Waals surface area contributed by atoms with E-state index in [0.29, 0.717) is 25.3 Å². The Kier molecular flexibility index (Phi) is 6.78. The van der Waals surface area contributed by atoms with Gasteiger partial charge in [-0.3, -0.25) is 0 Å². The molecular weight excluding hydrogens is 240 g/mol. The Hall–Kier alpha value is -1.04. The number of halogens is 2. The first-order chi connectivity index (χ1) is 8.65. The van der Waals surface area contributed by atoms with Crippen LogP contribution in [0.15, 0.2) is 18.2 Å². The highest BCUT2D eigenvalue weighted by molar-refractivity contribution is 5.21. The van der Waals surface area contributed by atoms with Gasteiger partial charge in [0.15, 0.2) is 0 Å². The predicted molar refractivity (Wildman–Crippen MR) is 65.3 cm³/mol. The first kappa shape index (κ1) is 15.0. The van der Waals surface area contributed by atoms with Crippen LogP contribution in [0.3, 0.4) is 0 Å². The molecule has 1 atom stereocenters. The first-order valence-electron chi connectivity index (χ1n) is 6.02. The molecule has 0 saturated heterocycles. The van der Waals surface area contributed by atoms with Crippen LogP contribution in [0.2, 0.25) is 0 Å². The SMILES string of the molecule is CC(NCCCOCCO)c1cc(F)ccc1F. The van der Waals surface area contributed by atoms with Crippen LogP contribution in [-0.2, 0) is 4.74 Å². The van der Waals surface area contributed by atoms with Gasteiger partial charge in [0.05, 0.1) is 13.2 Å². The Morgan fingerprint density at radius 3 is 2.83 bits per heavy atom. The molecule has 3 nitrogen and oxygen atoms in total. The molecule has 102 valence electrons. The molecule has 1 unspecified atom stereocenters. The maximum Gasteiger partial charge on any atom is 0.128 e. The summed E-state index contributed by atoms with van der Waals surface area (Å²) in [5.74, 6) is -0.848. The van der Waals surface area contributed by atoms with Gasteiger partial charge in [0.1, 0.15) is 11.6 Å². The molecule has 0 fully saturated rings. The van der Waals surface area contributed by atoms with Crippen molar-refractivity contribution >= 4 is 0 Å². The van der Waals surface area contributed by atoms with Gasteiger partial charge in [-0.1, -0.05) is 0 Å². The zero-order chi connectivity index (χ0) is 13.4. The van der Waals surface area contributed by atoms with E-state index >= 15 is 0 Å². The molecule has 0 aliphatic heterocycles. The molecular formula is C13H19F2NO2. The fourth-order valence-electron chi connectivity index (χ4n) is 1.62. The summed E-state index contributed by atoms with van der Waals surface area (Å²) in [7, 11) is 0. The van der Waals surface area contributed by atoms with Gasteiger partial charge in [-0.2, -0.15) is 0 Å². The first-order valence-corrected chi connectivity index (χ1v) is 6.02. The monoisotopic (exact) mass is 259 g/mol. The average molecular weight is 259 g/mol. The number of aliphatic hydroxyl groups excluding tert-OH is 1. The predicted octanol–water partition coefficient (Wildman–Crippen LogP) is 2.01. The number of hydrogen-bond donors (Lipinski definition) is 2. The second kappa shape index (κ2) is 8.13. The van der Waals surface area contributed by atoms with Crippen molar-refractivity contribution in [3.8, 4) is 0 Å². The van der Waals surface area contributed by atoms with Gasteiger partial charge in [0.25, 0.3) is 0 Å². The van der Waals surface area contributed by atoms with Crippen LogP contribution in [0.4, 0.5) is 8.78 Å². The van der Waals surface area contributed by atoms with Crippen LogP contribution in [0.25, 0.3) is 0 Å². The second-order valence-electron chi connectivity index (χ2n) is 4.03. The van der Waals surface area contributed by atoms with Crippen LogP contribution in [0.1, 0.15) is 24.9 Å². The molecule has 0 saturated carbocycles. The Bertz CT molecular complexity index is 361. The summed E-state index contributed by atoms with van der Waals surface area (Å²) >= 11 is 0. The highest BCUT2D eigenvalue weighted by atomic mass is 19.1. The van der Waals surface area contributed by atoms with Crippen molar-refractivity contribution in [1.29, 1.82) is 0 Å². The molecule has 0 heterocycles. The minimum Gasteiger partial charge on any atom is -0.394 e. The third-order valence-corrected chi connectivity index (χ3v) is 2.58. The van der Waals surface area contributed by atoms with Crippen LogP contribution in [0.5, 0.6) is 0 Å². The van der Waals surface area contributed by atoms with Crippen molar-refractivity contribution in [1.82, 2.24) is 5.32 Å². The number of benzene rings is 1. The summed E-state index contributed by atoms with van der Waals surface area (Å²) in [6.07, 6.45) is 0.751. The van der Waals surface area contributed by atoms with E-state index in [-0.39, 0.29) is 12.6 Å². The largest absolute Gasteiger partial charge is 0.394 e. The molecule has 2 N–H and O–H groups in total. The number of hydrogen-bond acceptors (Lipinski definition) is 3. The third-order valence-electron chi connectivity index (χ3n) is 2.58. The lowest BCUT2D eigenvalue weighted by molar-refractivity contribution is 0.0904. The molecule has 1 rings (SSSR count). The van der Waals surface area contributed by atoms with Crippen LogP contribution in [-0.4, -0.2) is 31.5 Å². The third kappa shape index (κ3) is 5.08. The molecule has 1 aromatic carbocycles. The lowest BCUT2D eigenvalue weighted by Gasteiger charge is -2.15. The van der Waals surface area contributed by atoms with E-state index < -0.39 is 11.6 Å². The number of aliphatic hydroxyl groups is 1. The minimum atomic E-state index is -0.439. The Morgan fingerprint density at radius 1 is 1.33 bits per heavy atom. The van der Waals surface area contributed by atoms with Crippen molar-refractivity contribution < 1.29 is 18.6 Å². The van der Waals surface area contributed by atoms with Crippen molar-refractivity contribution in [2.75, 3.05) is 26.4 Å². The van der Waals surface area contributed by atoms with Crippen LogP contribution < -0.4 is 5.32 Å². The second-order valence-corrected chi connectivity index (χ2v) is 4.03. The Labute approximate surface area is 106 Å². The zero-order valence-electron chi connectivity index (χ0n) is 10.5. The summed E-state index contributed by atoms with van der Waals surface area (Å²) in [4.78, 5) is 0. The smallest absolute Gasteiger partial charge is 0.128 e. The van der Waals surface area contributed by atoms with Crippen molar-refractivity contribution in [3.05, 3.63) is 35.4 Å². The molecule has 5 heteroatoms. The summed E-state index contributed by atoms with van der Waals surface area (Å²) in [5.41, 5.74) is 0.325. The molecule has 0 aliphatic carbocycles. The van der Waals surface area contributed by atoms with Gasteiger partial charge in [0.2, 0.25) is 0 Å². The molecule has 0 bridgehead atoms. The normalized spacial score (nSPS) is 12.7. The van der Waals surface area contributed by atoms with E-state index in [0.717, 1.165) is 18.6 Å². The van der Waals surface area contributed by atoms with Gasteiger partial charge >= 0.3 is 0 Å². The number of rotatable bonds is 8. The van der Waals surface area contributed by atoms with Crippen molar-refractivity contribution in [2.45, 2.75) is 19.4 Å². The van der Waals surface area contributed by atoms with E-state index in [1.807, 2.05) is 0 Å². The maximum absolute atomic E-state index is 13.4. The summed E-state index contributed by atoms with van der Waals surface area (Å²) in [6.45, 7) is 3.30.